The third-order valence-electron chi connectivity index (χ3n) is 2.99. The Morgan fingerprint density at radius 3 is 2.67 bits per heavy atom. The average molecular weight is 214 g/mol. The SMILES string of the molecule is COCCN(CCN)C(=O)C(C)C1CC1. The maximum Gasteiger partial charge on any atom is 0.225 e. The molecule has 0 heterocycles. The minimum atomic E-state index is 0.161. The number of hydrogen-bond acceptors (Lipinski definition) is 3. The van der Waals surface area contributed by atoms with Gasteiger partial charge in [-0.25, -0.2) is 0 Å². The van der Waals surface area contributed by atoms with Gasteiger partial charge >= 0.3 is 0 Å². The number of methoxy groups -OCH3 is 1. The van der Waals surface area contributed by atoms with Crippen molar-refractivity contribution in [3.05, 3.63) is 0 Å². The second kappa shape index (κ2) is 6.08. The molecule has 88 valence electrons. The maximum absolute atomic E-state index is 12.0. The molecule has 1 atom stereocenters. The molecule has 15 heavy (non-hydrogen) atoms. The molecule has 0 radical (unpaired) electrons. The Morgan fingerprint density at radius 1 is 1.53 bits per heavy atom. The molecule has 0 aromatic carbocycles. The highest BCUT2D eigenvalue weighted by Crippen LogP contribution is 2.37. The van der Waals surface area contributed by atoms with Crippen LogP contribution in [0.3, 0.4) is 0 Å². The lowest BCUT2D eigenvalue weighted by Gasteiger charge is -2.25. The molecule has 0 bridgehead atoms. The third kappa shape index (κ3) is 3.80. The molecule has 4 nitrogen and oxygen atoms in total. The lowest BCUT2D eigenvalue weighted by atomic mass is 10.1. The van der Waals surface area contributed by atoms with E-state index in [1.807, 2.05) is 11.8 Å². The summed E-state index contributed by atoms with van der Waals surface area (Å²) in [5, 5.41) is 0. The van der Waals surface area contributed by atoms with Gasteiger partial charge in [0.05, 0.1) is 6.61 Å². The summed E-state index contributed by atoms with van der Waals surface area (Å²) in [6.07, 6.45) is 2.40. The van der Waals surface area contributed by atoms with Gasteiger partial charge in [0.2, 0.25) is 5.91 Å². The molecule has 1 rings (SSSR count). The summed E-state index contributed by atoms with van der Waals surface area (Å²) in [5.74, 6) is 1.01. The van der Waals surface area contributed by atoms with Crippen LogP contribution in [-0.2, 0) is 9.53 Å². The van der Waals surface area contributed by atoms with Crippen LogP contribution in [0.2, 0.25) is 0 Å². The van der Waals surface area contributed by atoms with Gasteiger partial charge in [0.15, 0.2) is 0 Å². The molecule has 0 aromatic rings. The van der Waals surface area contributed by atoms with Crippen LogP contribution in [0.25, 0.3) is 0 Å². The monoisotopic (exact) mass is 214 g/mol. The Bertz CT molecular complexity index is 205. The number of amides is 1. The normalized spacial score (nSPS) is 17.5. The van der Waals surface area contributed by atoms with Crippen molar-refractivity contribution in [2.45, 2.75) is 19.8 Å². The summed E-state index contributed by atoms with van der Waals surface area (Å²) in [7, 11) is 1.65. The van der Waals surface area contributed by atoms with Gasteiger partial charge in [0.25, 0.3) is 0 Å². The van der Waals surface area contributed by atoms with Crippen molar-refractivity contribution in [3.63, 3.8) is 0 Å². The van der Waals surface area contributed by atoms with Gasteiger partial charge in [-0.05, 0) is 18.8 Å². The molecule has 1 unspecified atom stereocenters. The summed E-state index contributed by atoms with van der Waals surface area (Å²) >= 11 is 0. The van der Waals surface area contributed by atoms with Crippen molar-refractivity contribution in [2.75, 3.05) is 33.4 Å². The number of nitrogens with zero attached hydrogens (tertiary/aromatic N) is 1. The molecule has 1 amide bonds. The first kappa shape index (κ1) is 12.5. The van der Waals surface area contributed by atoms with Crippen LogP contribution in [0.15, 0.2) is 0 Å². The number of rotatable bonds is 7. The quantitative estimate of drug-likeness (QED) is 0.670. The van der Waals surface area contributed by atoms with Crippen LogP contribution in [0, 0.1) is 11.8 Å². The summed E-state index contributed by atoms with van der Waals surface area (Å²) in [5.41, 5.74) is 5.50. The first-order valence-corrected chi connectivity index (χ1v) is 5.68. The van der Waals surface area contributed by atoms with E-state index < -0.39 is 0 Å². The summed E-state index contributed by atoms with van der Waals surface area (Å²) < 4.78 is 4.99. The highest BCUT2D eigenvalue weighted by molar-refractivity contribution is 5.79. The Hall–Kier alpha value is -0.610. The fraction of sp³-hybridized carbons (Fsp3) is 0.909. The minimum absolute atomic E-state index is 0.161. The molecule has 0 aromatic heterocycles. The van der Waals surface area contributed by atoms with Gasteiger partial charge in [-0.1, -0.05) is 6.92 Å². The van der Waals surface area contributed by atoms with Crippen LogP contribution in [-0.4, -0.2) is 44.2 Å². The Labute approximate surface area is 91.8 Å². The van der Waals surface area contributed by atoms with Crippen molar-refractivity contribution < 1.29 is 9.53 Å². The molecule has 4 heteroatoms. The topological polar surface area (TPSA) is 55.6 Å². The van der Waals surface area contributed by atoms with Gasteiger partial charge in [-0.15, -0.1) is 0 Å². The van der Waals surface area contributed by atoms with Crippen molar-refractivity contribution >= 4 is 5.91 Å². The molecule has 0 saturated heterocycles. The van der Waals surface area contributed by atoms with Gasteiger partial charge in [-0.2, -0.15) is 0 Å². The summed E-state index contributed by atoms with van der Waals surface area (Å²) in [6, 6.07) is 0. The Balaban J connectivity index is 2.41. The fourth-order valence-electron chi connectivity index (χ4n) is 1.78. The van der Waals surface area contributed by atoms with Crippen molar-refractivity contribution in [2.24, 2.45) is 17.6 Å². The van der Waals surface area contributed by atoms with Crippen molar-refractivity contribution in [1.29, 1.82) is 0 Å². The zero-order chi connectivity index (χ0) is 11.3. The summed E-state index contributed by atoms with van der Waals surface area (Å²) in [4.78, 5) is 13.9. The van der Waals surface area contributed by atoms with Crippen LogP contribution in [0.5, 0.6) is 0 Å². The lowest BCUT2D eigenvalue weighted by molar-refractivity contribution is -0.136. The number of ether oxygens (including phenoxy) is 1. The number of carbonyl (C=O) groups is 1. The van der Waals surface area contributed by atoms with Crippen molar-refractivity contribution in [3.8, 4) is 0 Å². The average Bonchev–Trinajstić information content (AvgIpc) is 3.05. The van der Waals surface area contributed by atoms with Gasteiger partial charge < -0.3 is 15.4 Å². The molecule has 1 saturated carbocycles. The number of hydrogen-bond donors (Lipinski definition) is 1. The number of nitrogens with two attached hydrogens (primary N) is 1. The highest BCUT2D eigenvalue weighted by Gasteiger charge is 2.34. The van der Waals surface area contributed by atoms with Gasteiger partial charge in [-0.3, -0.25) is 4.79 Å². The molecule has 1 aliphatic rings. The predicted octanol–water partition coefficient (Wildman–Crippen LogP) is 0.466. The molecule has 0 spiro atoms. The van der Waals surface area contributed by atoms with E-state index in [0.29, 0.717) is 32.2 Å². The largest absolute Gasteiger partial charge is 0.383 e. The van der Waals surface area contributed by atoms with E-state index in [4.69, 9.17) is 10.5 Å². The van der Waals surface area contributed by atoms with Crippen LogP contribution >= 0.6 is 0 Å². The van der Waals surface area contributed by atoms with E-state index in [9.17, 15) is 4.79 Å². The number of carbonyl (C=O) groups excluding carboxylic acids is 1. The molecule has 2 N–H and O–H groups in total. The zero-order valence-corrected chi connectivity index (χ0v) is 9.74. The standard InChI is InChI=1S/C11H22N2O2/c1-9(10-3-4-10)11(14)13(6-5-12)7-8-15-2/h9-10H,3-8,12H2,1-2H3. The van der Waals surface area contributed by atoms with E-state index in [-0.39, 0.29) is 11.8 Å². The van der Waals surface area contributed by atoms with Crippen LogP contribution < -0.4 is 5.73 Å². The molecule has 0 aliphatic heterocycles. The van der Waals surface area contributed by atoms with E-state index in [1.54, 1.807) is 7.11 Å². The van der Waals surface area contributed by atoms with E-state index in [0.717, 1.165) is 0 Å². The molecule has 1 aliphatic carbocycles. The van der Waals surface area contributed by atoms with E-state index in [1.165, 1.54) is 12.8 Å². The van der Waals surface area contributed by atoms with Crippen LogP contribution in [0.1, 0.15) is 19.8 Å². The maximum atomic E-state index is 12.0. The minimum Gasteiger partial charge on any atom is -0.383 e. The zero-order valence-electron chi connectivity index (χ0n) is 9.74. The Kier molecular flexibility index (Phi) is 5.05. The van der Waals surface area contributed by atoms with Gasteiger partial charge in [0, 0.05) is 32.7 Å². The summed E-state index contributed by atoms with van der Waals surface area (Å²) in [6.45, 7) is 4.43. The second-order valence-corrected chi connectivity index (χ2v) is 4.23. The van der Waals surface area contributed by atoms with E-state index in [2.05, 4.69) is 0 Å². The van der Waals surface area contributed by atoms with E-state index >= 15 is 0 Å². The predicted molar refractivity (Wildman–Crippen MR) is 59.4 cm³/mol. The first-order valence-electron chi connectivity index (χ1n) is 5.68. The molecule has 1 fully saturated rings. The first-order chi connectivity index (χ1) is 7.20. The third-order valence-corrected chi connectivity index (χ3v) is 2.99. The molecular formula is C11H22N2O2. The fourth-order valence-corrected chi connectivity index (χ4v) is 1.78. The Morgan fingerprint density at radius 2 is 2.20 bits per heavy atom. The molecular weight excluding hydrogens is 192 g/mol. The lowest BCUT2D eigenvalue weighted by Crippen LogP contribution is -2.41. The van der Waals surface area contributed by atoms with Crippen molar-refractivity contribution in [1.82, 2.24) is 4.90 Å². The second-order valence-electron chi connectivity index (χ2n) is 4.23. The van der Waals surface area contributed by atoms with Gasteiger partial charge in [0.1, 0.15) is 0 Å². The highest BCUT2D eigenvalue weighted by atomic mass is 16.5. The van der Waals surface area contributed by atoms with Crippen LogP contribution in [0.4, 0.5) is 0 Å². The smallest absolute Gasteiger partial charge is 0.225 e.